The Bertz CT molecular complexity index is 622. The summed E-state index contributed by atoms with van der Waals surface area (Å²) in [4.78, 5) is 6.90. The third-order valence-corrected chi connectivity index (χ3v) is 4.94. The van der Waals surface area contributed by atoms with Crippen LogP contribution in [0.15, 0.2) is 23.2 Å². The van der Waals surface area contributed by atoms with Crippen LogP contribution in [0.2, 0.25) is 0 Å². The molecule has 0 radical (unpaired) electrons. The van der Waals surface area contributed by atoms with Gasteiger partial charge in [-0.3, -0.25) is 9.89 Å². The van der Waals surface area contributed by atoms with Crippen molar-refractivity contribution in [2.45, 2.75) is 32.9 Å². The first-order valence-electron chi connectivity index (χ1n) is 10.0. The average molecular weight is 520 g/mol. The molecule has 1 heterocycles. The molecule has 2 rings (SSSR count). The molecule has 7 nitrogen and oxygen atoms in total. The molecule has 1 aliphatic rings. The number of ether oxygens (including phenoxy) is 3. The van der Waals surface area contributed by atoms with Crippen LogP contribution in [-0.2, 0) is 11.3 Å². The van der Waals surface area contributed by atoms with Gasteiger partial charge in [0.2, 0.25) is 0 Å². The Morgan fingerprint density at radius 3 is 2.41 bits per heavy atom. The van der Waals surface area contributed by atoms with Gasteiger partial charge in [0, 0.05) is 39.3 Å². The Balaban J connectivity index is 0.00000420. The predicted molar refractivity (Wildman–Crippen MR) is 129 cm³/mol. The standard InChI is InChI=1S/C21H36N4O3.HI/c1-16(2)12-18(25-8-10-28-11-9-25)15-24-21(22-3)23-14-17-6-7-19(26-4)20(13-17)27-5;/h6-7,13,16,18H,8-12,14-15H2,1-5H3,(H2,22,23,24);1H. The maximum atomic E-state index is 5.51. The molecule has 1 unspecified atom stereocenters. The molecule has 29 heavy (non-hydrogen) atoms. The molecule has 0 amide bonds. The Labute approximate surface area is 192 Å². The number of nitrogens with one attached hydrogen (secondary N) is 2. The molecule has 0 bridgehead atoms. The van der Waals surface area contributed by atoms with Crippen molar-refractivity contribution in [3.8, 4) is 11.5 Å². The highest BCUT2D eigenvalue weighted by atomic mass is 127. The van der Waals surface area contributed by atoms with Crippen LogP contribution in [0.25, 0.3) is 0 Å². The monoisotopic (exact) mass is 520 g/mol. The summed E-state index contributed by atoms with van der Waals surface area (Å²) in [5, 5.41) is 6.88. The van der Waals surface area contributed by atoms with Crippen molar-refractivity contribution in [2.75, 3.05) is 54.1 Å². The number of guanidine groups is 1. The summed E-state index contributed by atoms with van der Waals surface area (Å²) in [6.45, 7) is 9.71. The molecular weight excluding hydrogens is 483 g/mol. The van der Waals surface area contributed by atoms with Crippen molar-refractivity contribution in [2.24, 2.45) is 10.9 Å². The third-order valence-electron chi connectivity index (χ3n) is 4.94. The summed E-state index contributed by atoms with van der Waals surface area (Å²) < 4.78 is 16.2. The van der Waals surface area contributed by atoms with Gasteiger partial charge in [-0.25, -0.2) is 0 Å². The van der Waals surface area contributed by atoms with Crippen molar-refractivity contribution in [1.29, 1.82) is 0 Å². The van der Waals surface area contributed by atoms with E-state index in [9.17, 15) is 0 Å². The lowest BCUT2D eigenvalue weighted by Gasteiger charge is -2.35. The lowest BCUT2D eigenvalue weighted by molar-refractivity contribution is 0.0132. The zero-order valence-corrected chi connectivity index (χ0v) is 20.7. The Hall–Kier alpha value is -1.26. The van der Waals surface area contributed by atoms with Crippen LogP contribution in [0, 0.1) is 5.92 Å². The second-order valence-corrected chi connectivity index (χ2v) is 7.43. The molecular formula is C21H37IN4O3. The second kappa shape index (κ2) is 13.9. The number of hydrogen-bond acceptors (Lipinski definition) is 5. The minimum absolute atomic E-state index is 0. The molecule has 1 saturated heterocycles. The third kappa shape index (κ3) is 8.55. The van der Waals surface area contributed by atoms with Crippen molar-refractivity contribution in [1.82, 2.24) is 15.5 Å². The minimum atomic E-state index is 0. The molecule has 1 aliphatic heterocycles. The van der Waals surface area contributed by atoms with Crippen LogP contribution in [0.3, 0.4) is 0 Å². The summed E-state index contributed by atoms with van der Waals surface area (Å²) in [7, 11) is 5.09. The average Bonchev–Trinajstić information content (AvgIpc) is 2.73. The number of halogens is 1. The molecule has 0 aliphatic carbocycles. The van der Waals surface area contributed by atoms with Crippen LogP contribution in [0.5, 0.6) is 11.5 Å². The summed E-state index contributed by atoms with van der Waals surface area (Å²) in [5.74, 6) is 2.91. The Kier molecular flexibility index (Phi) is 12.3. The van der Waals surface area contributed by atoms with Crippen LogP contribution >= 0.6 is 24.0 Å². The number of methoxy groups -OCH3 is 2. The number of nitrogens with zero attached hydrogens (tertiary/aromatic N) is 2. The molecule has 1 atom stereocenters. The molecule has 166 valence electrons. The van der Waals surface area contributed by atoms with Crippen molar-refractivity contribution in [3.63, 3.8) is 0 Å². The molecule has 2 N–H and O–H groups in total. The summed E-state index contributed by atoms with van der Waals surface area (Å²) in [5.41, 5.74) is 1.10. The van der Waals surface area contributed by atoms with Crippen LogP contribution in [0.1, 0.15) is 25.8 Å². The predicted octanol–water partition coefficient (Wildman–Crippen LogP) is 2.73. The van der Waals surface area contributed by atoms with Gasteiger partial charge >= 0.3 is 0 Å². The van der Waals surface area contributed by atoms with Crippen LogP contribution < -0.4 is 20.1 Å². The SMILES string of the molecule is CN=C(NCc1ccc(OC)c(OC)c1)NCC(CC(C)C)N1CCOCC1.I. The van der Waals surface area contributed by atoms with E-state index in [0.717, 1.165) is 62.3 Å². The van der Waals surface area contributed by atoms with Crippen molar-refractivity contribution >= 4 is 29.9 Å². The lowest BCUT2D eigenvalue weighted by atomic mass is 10.0. The first kappa shape index (κ1) is 25.8. The number of rotatable bonds is 9. The highest BCUT2D eigenvalue weighted by Crippen LogP contribution is 2.27. The molecule has 0 spiro atoms. The van der Waals surface area contributed by atoms with E-state index in [4.69, 9.17) is 14.2 Å². The molecule has 1 fully saturated rings. The molecule has 8 heteroatoms. The van der Waals surface area contributed by atoms with Gasteiger partial charge in [0.15, 0.2) is 17.5 Å². The number of morpholine rings is 1. The molecule has 1 aromatic rings. The summed E-state index contributed by atoms with van der Waals surface area (Å²) in [6, 6.07) is 6.40. The zero-order valence-electron chi connectivity index (χ0n) is 18.4. The summed E-state index contributed by atoms with van der Waals surface area (Å²) in [6.07, 6.45) is 1.15. The van der Waals surface area contributed by atoms with E-state index < -0.39 is 0 Å². The first-order valence-corrected chi connectivity index (χ1v) is 10.0. The van der Waals surface area contributed by atoms with Gasteiger partial charge in [0.05, 0.1) is 27.4 Å². The smallest absolute Gasteiger partial charge is 0.191 e. The fourth-order valence-electron chi connectivity index (χ4n) is 3.46. The first-order chi connectivity index (χ1) is 13.6. The molecule has 0 aromatic heterocycles. The molecule has 0 saturated carbocycles. The van der Waals surface area contributed by atoms with E-state index in [2.05, 4.69) is 34.4 Å². The zero-order chi connectivity index (χ0) is 20.4. The number of aliphatic imine (C=N–C) groups is 1. The van der Waals surface area contributed by atoms with Gasteiger partial charge in [0.25, 0.3) is 0 Å². The van der Waals surface area contributed by atoms with Gasteiger partial charge in [-0.15, -0.1) is 24.0 Å². The number of benzene rings is 1. The highest BCUT2D eigenvalue weighted by molar-refractivity contribution is 14.0. The maximum absolute atomic E-state index is 5.51. The maximum Gasteiger partial charge on any atom is 0.191 e. The summed E-state index contributed by atoms with van der Waals surface area (Å²) >= 11 is 0. The molecule has 1 aromatic carbocycles. The fraction of sp³-hybridized carbons (Fsp3) is 0.667. The van der Waals surface area contributed by atoms with E-state index in [1.165, 1.54) is 0 Å². The fourth-order valence-corrected chi connectivity index (χ4v) is 3.46. The number of hydrogen-bond donors (Lipinski definition) is 2. The van der Waals surface area contributed by atoms with Gasteiger partial charge in [0.1, 0.15) is 0 Å². The van der Waals surface area contributed by atoms with Gasteiger partial charge in [-0.05, 0) is 30.0 Å². The minimum Gasteiger partial charge on any atom is -0.493 e. The van der Waals surface area contributed by atoms with Gasteiger partial charge in [-0.1, -0.05) is 19.9 Å². The van der Waals surface area contributed by atoms with Crippen molar-refractivity contribution < 1.29 is 14.2 Å². The second-order valence-electron chi connectivity index (χ2n) is 7.43. The van der Waals surface area contributed by atoms with Crippen molar-refractivity contribution in [3.05, 3.63) is 23.8 Å². The topological polar surface area (TPSA) is 67.4 Å². The van der Waals surface area contributed by atoms with Gasteiger partial charge in [-0.2, -0.15) is 0 Å². The van der Waals surface area contributed by atoms with Crippen LogP contribution in [-0.4, -0.2) is 71.0 Å². The van der Waals surface area contributed by atoms with E-state index in [-0.39, 0.29) is 24.0 Å². The van der Waals surface area contributed by atoms with E-state index >= 15 is 0 Å². The highest BCUT2D eigenvalue weighted by Gasteiger charge is 2.22. The Morgan fingerprint density at radius 2 is 1.83 bits per heavy atom. The van der Waals surface area contributed by atoms with E-state index in [1.807, 2.05) is 18.2 Å². The quantitative estimate of drug-likeness (QED) is 0.297. The van der Waals surface area contributed by atoms with Gasteiger partial charge < -0.3 is 24.8 Å². The lowest BCUT2D eigenvalue weighted by Crippen LogP contribution is -2.50. The van der Waals surface area contributed by atoms with E-state index in [1.54, 1.807) is 21.3 Å². The Morgan fingerprint density at radius 1 is 1.14 bits per heavy atom. The normalized spacial score (nSPS) is 16.1. The largest absolute Gasteiger partial charge is 0.493 e. The van der Waals surface area contributed by atoms with Crippen LogP contribution in [0.4, 0.5) is 0 Å². The van der Waals surface area contributed by atoms with E-state index in [0.29, 0.717) is 18.5 Å².